The number of ether oxygens (including phenoxy) is 2. The van der Waals surface area contributed by atoms with Crippen LogP contribution in [0.25, 0.3) is 6.08 Å². The van der Waals surface area contributed by atoms with E-state index in [4.69, 9.17) is 9.47 Å². The zero-order valence-electron chi connectivity index (χ0n) is 22.2. The van der Waals surface area contributed by atoms with Crippen LogP contribution in [0.2, 0.25) is 0 Å². The highest BCUT2D eigenvalue weighted by molar-refractivity contribution is 6.08. The molecule has 0 saturated carbocycles. The highest BCUT2D eigenvalue weighted by Gasteiger charge is 2.24. The van der Waals surface area contributed by atoms with Crippen molar-refractivity contribution in [2.75, 3.05) is 14.2 Å². The Labute approximate surface area is 232 Å². The van der Waals surface area contributed by atoms with Crippen LogP contribution in [0.1, 0.15) is 37.7 Å². The molecule has 4 aromatic rings. The van der Waals surface area contributed by atoms with Crippen molar-refractivity contribution < 1.29 is 23.9 Å². The molecule has 0 saturated heterocycles. The summed E-state index contributed by atoms with van der Waals surface area (Å²) in [6.45, 7) is 0.283. The molecule has 202 valence electrons. The lowest BCUT2D eigenvalue weighted by atomic mass is 10.1. The number of nitrogens with one attached hydrogen (secondary N) is 1. The maximum Gasteiger partial charge on any atom is 0.279 e. The Morgan fingerprint density at radius 3 is 1.98 bits per heavy atom. The number of imide groups is 1. The Balaban J connectivity index is 1.53. The average Bonchev–Trinajstić information content (AvgIpc) is 3.02. The summed E-state index contributed by atoms with van der Waals surface area (Å²) in [5.41, 5.74) is 2.47. The van der Waals surface area contributed by atoms with Crippen LogP contribution in [-0.2, 0) is 17.9 Å². The normalized spacial score (nSPS) is 10.7. The summed E-state index contributed by atoms with van der Waals surface area (Å²) in [5.74, 6) is -0.200. The summed E-state index contributed by atoms with van der Waals surface area (Å²) in [6, 6.07) is 28.3. The van der Waals surface area contributed by atoms with Crippen molar-refractivity contribution in [3.63, 3.8) is 0 Å². The van der Waals surface area contributed by atoms with Crippen molar-refractivity contribution in [3.05, 3.63) is 131 Å². The lowest BCUT2D eigenvalue weighted by Crippen LogP contribution is -2.36. The third kappa shape index (κ3) is 7.41. The Hall–Kier alpha value is -5.24. The first-order valence-electron chi connectivity index (χ1n) is 12.6. The van der Waals surface area contributed by atoms with Gasteiger partial charge in [0.15, 0.2) is 0 Å². The Bertz CT molecular complexity index is 1480. The number of pyridine rings is 1. The molecule has 0 fully saturated rings. The topological polar surface area (TPSA) is 97.8 Å². The average molecular weight is 536 g/mol. The fourth-order valence-corrected chi connectivity index (χ4v) is 3.82. The highest BCUT2D eigenvalue weighted by Crippen LogP contribution is 2.16. The molecule has 1 heterocycles. The van der Waals surface area contributed by atoms with E-state index in [-0.39, 0.29) is 24.5 Å². The monoisotopic (exact) mass is 535 g/mol. The first-order valence-corrected chi connectivity index (χ1v) is 12.6. The molecule has 8 heteroatoms. The second-order valence-corrected chi connectivity index (χ2v) is 8.76. The maximum absolute atomic E-state index is 13.6. The Morgan fingerprint density at radius 2 is 1.35 bits per heavy atom. The molecule has 8 nitrogen and oxygen atoms in total. The van der Waals surface area contributed by atoms with Crippen molar-refractivity contribution >= 4 is 23.8 Å². The van der Waals surface area contributed by atoms with Crippen LogP contribution in [0.4, 0.5) is 0 Å². The summed E-state index contributed by atoms with van der Waals surface area (Å²) in [4.78, 5) is 45.0. The van der Waals surface area contributed by atoms with Gasteiger partial charge in [0.25, 0.3) is 17.7 Å². The molecule has 0 bridgehead atoms. The van der Waals surface area contributed by atoms with Crippen LogP contribution in [0.3, 0.4) is 0 Å². The summed E-state index contributed by atoms with van der Waals surface area (Å²) < 4.78 is 10.4. The predicted octanol–water partition coefficient (Wildman–Crippen LogP) is 4.91. The van der Waals surface area contributed by atoms with Crippen LogP contribution in [0.15, 0.2) is 103 Å². The third-order valence-electron chi connectivity index (χ3n) is 6.04. The lowest BCUT2D eigenvalue weighted by molar-refractivity contribution is -0.124. The minimum atomic E-state index is -0.622. The molecule has 0 aliphatic carbocycles. The van der Waals surface area contributed by atoms with Crippen LogP contribution < -0.4 is 14.8 Å². The van der Waals surface area contributed by atoms with E-state index in [2.05, 4.69) is 10.3 Å². The van der Waals surface area contributed by atoms with Gasteiger partial charge in [-0.3, -0.25) is 19.3 Å². The van der Waals surface area contributed by atoms with Gasteiger partial charge in [-0.05, 0) is 59.2 Å². The van der Waals surface area contributed by atoms with Gasteiger partial charge in [0.1, 0.15) is 22.9 Å². The minimum Gasteiger partial charge on any atom is -0.497 e. The van der Waals surface area contributed by atoms with E-state index < -0.39 is 17.7 Å². The molecular formula is C32H29N3O5. The molecule has 0 aliphatic heterocycles. The fourth-order valence-electron chi connectivity index (χ4n) is 3.82. The number of nitrogens with zero attached hydrogens (tertiary/aromatic N) is 2. The van der Waals surface area contributed by atoms with Crippen LogP contribution in [-0.4, -0.2) is 41.8 Å². The van der Waals surface area contributed by atoms with Gasteiger partial charge in [0, 0.05) is 12.6 Å². The molecule has 1 N–H and O–H groups in total. The van der Waals surface area contributed by atoms with Gasteiger partial charge < -0.3 is 14.8 Å². The van der Waals surface area contributed by atoms with Crippen LogP contribution >= 0.6 is 0 Å². The van der Waals surface area contributed by atoms with Gasteiger partial charge >= 0.3 is 0 Å². The van der Waals surface area contributed by atoms with Gasteiger partial charge in [-0.15, -0.1) is 0 Å². The van der Waals surface area contributed by atoms with E-state index in [1.54, 1.807) is 62.8 Å². The van der Waals surface area contributed by atoms with E-state index in [9.17, 15) is 14.4 Å². The number of benzene rings is 3. The van der Waals surface area contributed by atoms with Crippen LogP contribution in [0.5, 0.6) is 11.5 Å². The second-order valence-electron chi connectivity index (χ2n) is 8.76. The zero-order valence-corrected chi connectivity index (χ0v) is 22.2. The third-order valence-corrected chi connectivity index (χ3v) is 6.04. The van der Waals surface area contributed by atoms with Gasteiger partial charge in [0.05, 0.1) is 20.8 Å². The fraction of sp³-hybridized carbons (Fsp3) is 0.125. The number of hydrogen-bond acceptors (Lipinski definition) is 6. The molecule has 0 spiro atoms. The molecule has 0 atom stereocenters. The van der Waals surface area contributed by atoms with Crippen molar-refractivity contribution in [1.82, 2.24) is 15.2 Å². The first-order chi connectivity index (χ1) is 19.5. The number of methoxy groups -OCH3 is 2. The number of carbonyl (C=O) groups excluding carboxylic acids is 3. The van der Waals surface area contributed by atoms with Crippen molar-refractivity contribution in [2.24, 2.45) is 0 Å². The predicted molar refractivity (Wildman–Crippen MR) is 152 cm³/mol. The van der Waals surface area contributed by atoms with E-state index in [1.165, 1.54) is 18.2 Å². The summed E-state index contributed by atoms with van der Waals surface area (Å²) >= 11 is 0. The molecule has 4 rings (SSSR count). The molecule has 0 aliphatic rings. The van der Waals surface area contributed by atoms with Gasteiger partial charge in [-0.1, -0.05) is 60.7 Å². The molecule has 40 heavy (non-hydrogen) atoms. The standard InChI is InChI=1S/C32H29N3O5/c1-39-26-16-11-24(12-17-26)21-33-31(37)28-9-6-10-29(34-28)32(38)35(22-25-13-18-27(40-2)19-14-25)30(36)20-15-23-7-4-3-5-8-23/h3-20H,21-22H2,1-2H3,(H,33,37)/b20-15+. The number of aromatic nitrogens is 1. The van der Waals surface area contributed by atoms with Crippen molar-refractivity contribution in [2.45, 2.75) is 13.1 Å². The molecule has 1 aromatic heterocycles. The largest absolute Gasteiger partial charge is 0.497 e. The van der Waals surface area contributed by atoms with Crippen LogP contribution in [0, 0.1) is 0 Å². The first kappa shape index (κ1) is 27.8. The van der Waals surface area contributed by atoms with Gasteiger partial charge in [-0.25, -0.2) is 4.98 Å². The Morgan fingerprint density at radius 1 is 0.750 bits per heavy atom. The van der Waals surface area contributed by atoms with E-state index in [0.29, 0.717) is 5.75 Å². The highest BCUT2D eigenvalue weighted by atomic mass is 16.5. The smallest absolute Gasteiger partial charge is 0.279 e. The summed E-state index contributed by atoms with van der Waals surface area (Å²) in [5, 5.41) is 2.80. The number of carbonyl (C=O) groups is 3. The molecule has 3 amide bonds. The minimum absolute atomic E-state index is 0.0103. The van der Waals surface area contributed by atoms with E-state index in [0.717, 1.165) is 27.3 Å². The summed E-state index contributed by atoms with van der Waals surface area (Å²) in [7, 11) is 3.15. The SMILES string of the molecule is COc1ccc(CNC(=O)c2cccc(C(=O)N(Cc3ccc(OC)cc3)C(=O)/C=C/c3ccccc3)n2)cc1. The number of rotatable bonds is 10. The zero-order chi connectivity index (χ0) is 28.3. The van der Waals surface area contributed by atoms with Gasteiger partial charge in [-0.2, -0.15) is 0 Å². The lowest BCUT2D eigenvalue weighted by Gasteiger charge is -2.20. The molecule has 3 aromatic carbocycles. The Kier molecular flexibility index (Phi) is 9.39. The molecule has 0 radical (unpaired) electrons. The van der Waals surface area contributed by atoms with E-state index >= 15 is 0 Å². The van der Waals surface area contributed by atoms with Gasteiger partial charge in [0.2, 0.25) is 0 Å². The second kappa shape index (κ2) is 13.5. The maximum atomic E-state index is 13.6. The number of amides is 3. The quantitative estimate of drug-likeness (QED) is 0.290. The van der Waals surface area contributed by atoms with Crippen molar-refractivity contribution in [3.8, 4) is 11.5 Å². The molecule has 0 unspecified atom stereocenters. The van der Waals surface area contributed by atoms with Crippen molar-refractivity contribution in [1.29, 1.82) is 0 Å². The van der Waals surface area contributed by atoms with E-state index in [1.807, 2.05) is 42.5 Å². The summed E-state index contributed by atoms with van der Waals surface area (Å²) in [6.07, 6.45) is 3.00. The molecular weight excluding hydrogens is 506 g/mol. The number of hydrogen-bond donors (Lipinski definition) is 1.